The summed E-state index contributed by atoms with van der Waals surface area (Å²) in [6, 6.07) is 0.311. The van der Waals surface area contributed by atoms with Crippen LogP contribution in [0.3, 0.4) is 0 Å². The zero-order valence-corrected chi connectivity index (χ0v) is 26.5. The van der Waals surface area contributed by atoms with Crippen molar-refractivity contribution >= 4 is 0 Å². The summed E-state index contributed by atoms with van der Waals surface area (Å²) in [7, 11) is 0. The number of nitrogens with zero attached hydrogens (tertiary/aromatic N) is 3. The van der Waals surface area contributed by atoms with Crippen LogP contribution in [0.4, 0.5) is 0 Å². The van der Waals surface area contributed by atoms with Crippen LogP contribution < -0.4 is 5.32 Å². The third kappa shape index (κ3) is 21.4. The van der Waals surface area contributed by atoms with Gasteiger partial charge in [0.05, 0.1) is 18.8 Å². The lowest BCUT2D eigenvalue weighted by Crippen LogP contribution is -2.54. The molecule has 1 aliphatic rings. The van der Waals surface area contributed by atoms with Crippen LogP contribution in [0.15, 0.2) is 0 Å². The van der Waals surface area contributed by atoms with Gasteiger partial charge in [-0.25, -0.2) is 0 Å². The highest BCUT2D eigenvalue weighted by atomic mass is 16.8. The summed E-state index contributed by atoms with van der Waals surface area (Å²) in [6.07, 6.45) is 22.2. The highest BCUT2D eigenvalue weighted by molar-refractivity contribution is 4.82. The van der Waals surface area contributed by atoms with Crippen molar-refractivity contribution in [3.05, 3.63) is 0 Å². The van der Waals surface area contributed by atoms with E-state index in [4.69, 9.17) is 0 Å². The Morgan fingerprint density at radius 3 is 1.65 bits per heavy atom. The molecular formula is C32H68N4O4. The lowest BCUT2D eigenvalue weighted by atomic mass is 10.0. The minimum atomic E-state index is -0.353. The topological polar surface area (TPSA) is 103 Å². The van der Waals surface area contributed by atoms with Crippen molar-refractivity contribution in [3.8, 4) is 0 Å². The minimum Gasteiger partial charge on any atom is -0.392 e. The monoisotopic (exact) mass is 573 g/mol. The Labute approximate surface area is 247 Å². The van der Waals surface area contributed by atoms with Gasteiger partial charge in [0.15, 0.2) is 0 Å². The second-order valence-corrected chi connectivity index (χ2v) is 12.4. The fourth-order valence-electron chi connectivity index (χ4n) is 5.99. The van der Waals surface area contributed by atoms with Crippen LogP contribution in [0.2, 0.25) is 0 Å². The highest BCUT2D eigenvalue weighted by Crippen LogP contribution is 2.15. The van der Waals surface area contributed by atoms with Gasteiger partial charge in [-0.3, -0.25) is 20.2 Å². The van der Waals surface area contributed by atoms with E-state index in [0.717, 1.165) is 58.3 Å². The molecule has 0 saturated carbocycles. The van der Waals surface area contributed by atoms with Crippen molar-refractivity contribution in [3.63, 3.8) is 0 Å². The first-order valence-electron chi connectivity index (χ1n) is 17.1. The van der Waals surface area contributed by atoms with Crippen LogP contribution in [-0.2, 0) is 0 Å². The summed E-state index contributed by atoms with van der Waals surface area (Å²) < 4.78 is 0. The second kappa shape index (κ2) is 26.3. The third-order valence-corrected chi connectivity index (χ3v) is 8.56. The smallest absolute Gasteiger partial charge is 0.0667 e. The largest absolute Gasteiger partial charge is 0.392 e. The Kier molecular flexibility index (Phi) is 24.8. The van der Waals surface area contributed by atoms with Gasteiger partial charge in [0.1, 0.15) is 0 Å². The molecule has 3 atom stereocenters. The lowest BCUT2D eigenvalue weighted by molar-refractivity contribution is -0.307. The number of aliphatic hydroxyl groups is 2. The maximum Gasteiger partial charge on any atom is 0.0667 e. The van der Waals surface area contributed by atoms with Gasteiger partial charge in [-0.1, -0.05) is 122 Å². The summed E-state index contributed by atoms with van der Waals surface area (Å²) in [6.45, 7) is 10.1. The molecule has 1 saturated heterocycles. The van der Waals surface area contributed by atoms with Gasteiger partial charge in [0.2, 0.25) is 0 Å². The molecule has 1 fully saturated rings. The van der Waals surface area contributed by atoms with Crippen LogP contribution in [0, 0.1) is 0 Å². The summed E-state index contributed by atoms with van der Waals surface area (Å²) in [5.74, 6) is 0. The van der Waals surface area contributed by atoms with Crippen molar-refractivity contribution < 1.29 is 20.6 Å². The van der Waals surface area contributed by atoms with E-state index in [1.807, 2.05) is 0 Å². The van der Waals surface area contributed by atoms with Crippen molar-refractivity contribution in [1.29, 1.82) is 0 Å². The van der Waals surface area contributed by atoms with Crippen molar-refractivity contribution in [2.75, 3.05) is 52.4 Å². The molecule has 0 spiro atoms. The molecular weight excluding hydrogens is 504 g/mol. The van der Waals surface area contributed by atoms with Gasteiger partial charge in [0.25, 0.3) is 0 Å². The molecule has 8 heteroatoms. The number of hydrogen-bond donors (Lipinski definition) is 5. The van der Waals surface area contributed by atoms with Gasteiger partial charge < -0.3 is 15.5 Å². The molecule has 3 unspecified atom stereocenters. The van der Waals surface area contributed by atoms with Crippen LogP contribution in [0.1, 0.15) is 136 Å². The van der Waals surface area contributed by atoms with Crippen molar-refractivity contribution in [2.45, 2.75) is 154 Å². The number of aliphatic hydroxyl groups excluding tert-OH is 2. The molecule has 240 valence electrons. The molecule has 0 aliphatic carbocycles. The molecule has 1 aliphatic heterocycles. The Hall–Kier alpha value is -0.320. The molecule has 0 aromatic heterocycles. The summed E-state index contributed by atoms with van der Waals surface area (Å²) in [4.78, 5) is 4.60. The molecule has 0 aromatic carbocycles. The molecule has 0 bridgehead atoms. The van der Waals surface area contributed by atoms with Gasteiger partial charge in [-0.2, -0.15) is 0 Å². The summed E-state index contributed by atoms with van der Waals surface area (Å²) >= 11 is 0. The molecule has 1 rings (SSSR count). The molecule has 0 radical (unpaired) electrons. The fourth-order valence-corrected chi connectivity index (χ4v) is 5.99. The number of nitrogens with one attached hydrogen (secondary N) is 1. The zero-order valence-electron chi connectivity index (χ0n) is 26.5. The predicted molar refractivity (Wildman–Crippen MR) is 166 cm³/mol. The van der Waals surface area contributed by atoms with Crippen molar-refractivity contribution in [1.82, 2.24) is 20.3 Å². The highest BCUT2D eigenvalue weighted by Gasteiger charge is 2.24. The van der Waals surface area contributed by atoms with E-state index in [2.05, 4.69) is 29.0 Å². The van der Waals surface area contributed by atoms with Crippen LogP contribution in [0.25, 0.3) is 0 Å². The zero-order chi connectivity index (χ0) is 29.3. The molecule has 0 amide bonds. The number of hydrogen-bond acceptors (Lipinski definition) is 8. The predicted octanol–water partition coefficient (Wildman–Crippen LogP) is 5.82. The van der Waals surface area contributed by atoms with E-state index >= 15 is 0 Å². The van der Waals surface area contributed by atoms with E-state index in [1.54, 1.807) is 0 Å². The van der Waals surface area contributed by atoms with Crippen LogP contribution in [-0.4, -0.2) is 106 Å². The first-order valence-corrected chi connectivity index (χ1v) is 17.1. The number of unbranched alkanes of at least 4 members (excludes halogenated alkanes) is 14. The number of piperazine rings is 1. The minimum absolute atomic E-state index is 0.203. The molecule has 1 heterocycles. The Morgan fingerprint density at radius 2 is 1.18 bits per heavy atom. The fraction of sp³-hybridized carbons (Fsp3) is 1.00. The van der Waals surface area contributed by atoms with Crippen LogP contribution in [0.5, 0.6) is 0 Å². The normalized spacial score (nSPS) is 18.1. The number of rotatable bonds is 28. The van der Waals surface area contributed by atoms with E-state index in [-0.39, 0.29) is 24.0 Å². The average Bonchev–Trinajstić information content (AvgIpc) is 2.93. The summed E-state index contributed by atoms with van der Waals surface area (Å²) in [5.41, 5.74) is 0. The lowest BCUT2D eigenvalue weighted by Gasteiger charge is -2.38. The van der Waals surface area contributed by atoms with Gasteiger partial charge in [-0.05, 0) is 25.8 Å². The molecule has 0 aromatic rings. The van der Waals surface area contributed by atoms with E-state index < -0.39 is 0 Å². The van der Waals surface area contributed by atoms with E-state index in [0.29, 0.717) is 25.7 Å². The first-order chi connectivity index (χ1) is 19.5. The summed E-state index contributed by atoms with van der Waals surface area (Å²) in [5, 5.41) is 43.8. The third-order valence-electron chi connectivity index (χ3n) is 8.56. The second-order valence-electron chi connectivity index (χ2n) is 12.4. The van der Waals surface area contributed by atoms with Gasteiger partial charge >= 0.3 is 0 Å². The van der Waals surface area contributed by atoms with Crippen LogP contribution >= 0.6 is 0 Å². The molecule has 8 nitrogen and oxygen atoms in total. The maximum absolute atomic E-state index is 10.9. The Balaban J connectivity index is 2.46. The van der Waals surface area contributed by atoms with Gasteiger partial charge in [-0.15, -0.1) is 0 Å². The van der Waals surface area contributed by atoms with E-state index in [1.165, 1.54) is 89.9 Å². The van der Waals surface area contributed by atoms with Gasteiger partial charge in [0, 0.05) is 45.3 Å². The maximum atomic E-state index is 10.9. The Morgan fingerprint density at radius 1 is 0.700 bits per heavy atom. The van der Waals surface area contributed by atoms with E-state index in [9.17, 15) is 20.6 Å². The quantitative estimate of drug-likeness (QED) is 0.0591. The molecule has 40 heavy (non-hydrogen) atoms. The van der Waals surface area contributed by atoms with Crippen molar-refractivity contribution in [2.24, 2.45) is 0 Å². The Bertz CT molecular complexity index is 515. The first kappa shape index (κ1) is 37.7. The average molecular weight is 573 g/mol. The molecule has 5 N–H and O–H groups in total. The number of hydroxylamine groups is 2. The SMILES string of the molecule is CCCCCCCCCCC(O)CN(CCC1CNCCN1CCN(O)O)CC(O)CCCCCCCCCC. The standard InChI is InChI=1S/C32H68N4O4/c1-3-5-7-9-11-13-15-17-19-31(37)28-34(29-32(38)20-18-16-14-12-10-8-6-4-2)23-21-30-27-33-22-24-35(30)25-26-36(39)40/h30-33,37-40H,3-29H2,1-2H3.